The number of fused-ring (bicyclic) bond motifs is 2. The number of halogens is 1. The highest BCUT2D eigenvalue weighted by Gasteiger charge is 2.23. The van der Waals surface area contributed by atoms with Gasteiger partial charge in [-0.05, 0) is 54.8 Å². The second-order valence-corrected chi connectivity index (χ2v) is 10.0. The van der Waals surface area contributed by atoms with E-state index in [4.69, 9.17) is 9.72 Å². The topological polar surface area (TPSA) is 93.8 Å². The Morgan fingerprint density at radius 2 is 1.92 bits per heavy atom. The van der Waals surface area contributed by atoms with Gasteiger partial charge in [-0.2, -0.15) is 9.78 Å². The molecule has 0 radical (unpaired) electrons. The molecule has 1 atom stereocenters. The first-order valence-electron chi connectivity index (χ1n) is 12.1. The van der Waals surface area contributed by atoms with Gasteiger partial charge in [-0.25, -0.2) is 9.78 Å². The number of ether oxygens (including phenoxy) is 1. The number of hydrogen-bond acceptors (Lipinski definition) is 5. The van der Waals surface area contributed by atoms with Gasteiger partial charge in [0.15, 0.2) is 6.10 Å². The van der Waals surface area contributed by atoms with Crippen LogP contribution in [0.25, 0.3) is 21.7 Å². The van der Waals surface area contributed by atoms with E-state index in [9.17, 15) is 14.7 Å². The van der Waals surface area contributed by atoms with E-state index in [1.807, 2.05) is 42.5 Å². The fraction of sp³-hybridized carbons (Fsp3) is 0.286. The molecular formula is C28H26BrN3O4. The van der Waals surface area contributed by atoms with E-state index in [0.29, 0.717) is 28.0 Å². The maximum Gasteiger partial charge on any atom is 0.344 e. The minimum atomic E-state index is -1.06. The summed E-state index contributed by atoms with van der Waals surface area (Å²) in [7, 11) is 0. The zero-order valence-corrected chi connectivity index (χ0v) is 21.4. The summed E-state index contributed by atoms with van der Waals surface area (Å²) in [5.74, 6) is 0.126. The van der Waals surface area contributed by atoms with Gasteiger partial charge in [0, 0.05) is 16.0 Å². The molecule has 1 aliphatic carbocycles. The van der Waals surface area contributed by atoms with Gasteiger partial charge in [0.05, 0.1) is 17.1 Å². The molecule has 184 valence electrons. The van der Waals surface area contributed by atoms with E-state index >= 15 is 0 Å². The Labute approximate surface area is 216 Å². The van der Waals surface area contributed by atoms with E-state index in [-0.39, 0.29) is 11.5 Å². The molecule has 0 aliphatic heterocycles. The number of carboxylic acids is 1. The minimum absolute atomic E-state index is 0.145. The molecule has 5 rings (SSSR count). The molecule has 1 aliphatic rings. The summed E-state index contributed by atoms with van der Waals surface area (Å²) in [6.07, 6.45) is 5.84. The van der Waals surface area contributed by atoms with Crippen molar-refractivity contribution in [1.29, 1.82) is 0 Å². The minimum Gasteiger partial charge on any atom is -0.479 e. The number of aliphatic carboxylic acids is 1. The van der Waals surface area contributed by atoms with E-state index in [1.54, 1.807) is 18.3 Å². The molecule has 1 aromatic heterocycles. The molecule has 0 unspecified atom stereocenters. The number of rotatable bonds is 6. The molecule has 4 aromatic rings. The van der Waals surface area contributed by atoms with Crippen LogP contribution in [0.15, 0.2) is 69.0 Å². The summed E-state index contributed by atoms with van der Waals surface area (Å²) in [5, 5.41) is 16.3. The molecule has 0 bridgehead atoms. The Morgan fingerprint density at radius 1 is 1.14 bits per heavy atom. The van der Waals surface area contributed by atoms with Crippen LogP contribution < -0.4 is 10.3 Å². The number of carboxylic acid groups (broad SMARTS) is 1. The summed E-state index contributed by atoms with van der Waals surface area (Å²) in [4.78, 5) is 30.0. The number of hydrogen-bond donors (Lipinski definition) is 1. The van der Waals surface area contributed by atoms with Crippen molar-refractivity contribution in [2.24, 2.45) is 5.10 Å². The van der Waals surface area contributed by atoms with Gasteiger partial charge >= 0.3 is 5.97 Å². The summed E-state index contributed by atoms with van der Waals surface area (Å²) >= 11 is 3.45. The highest BCUT2D eigenvalue weighted by molar-refractivity contribution is 9.10. The van der Waals surface area contributed by atoms with Gasteiger partial charge < -0.3 is 9.84 Å². The third-order valence-corrected chi connectivity index (χ3v) is 7.18. The third kappa shape index (κ3) is 4.78. The molecule has 0 saturated heterocycles. The van der Waals surface area contributed by atoms with Gasteiger partial charge in [0.1, 0.15) is 11.6 Å². The summed E-state index contributed by atoms with van der Waals surface area (Å²) in [6, 6.07) is 16.8. The lowest BCUT2D eigenvalue weighted by Gasteiger charge is -2.23. The predicted octanol–water partition coefficient (Wildman–Crippen LogP) is 6.09. The number of carbonyl (C=O) groups is 1. The third-order valence-electron chi connectivity index (χ3n) is 6.69. The van der Waals surface area contributed by atoms with Crippen molar-refractivity contribution in [3.8, 4) is 5.75 Å². The molecule has 7 nitrogen and oxygen atoms in total. The van der Waals surface area contributed by atoms with Crippen LogP contribution in [0, 0.1) is 0 Å². The first-order chi connectivity index (χ1) is 17.4. The molecule has 36 heavy (non-hydrogen) atoms. The zero-order chi connectivity index (χ0) is 25.2. The Morgan fingerprint density at radius 3 is 2.69 bits per heavy atom. The predicted molar refractivity (Wildman–Crippen MR) is 144 cm³/mol. The van der Waals surface area contributed by atoms with E-state index in [1.165, 1.54) is 18.0 Å². The lowest BCUT2D eigenvalue weighted by atomic mass is 9.88. The van der Waals surface area contributed by atoms with Crippen LogP contribution in [-0.4, -0.2) is 33.1 Å². The highest BCUT2D eigenvalue weighted by atomic mass is 79.9. The molecule has 1 N–H and O–H groups in total. The van der Waals surface area contributed by atoms with Crippen LogP contribution in [0.2, 0.25) is 0 Å². The molecule has 0 spiro atoms. The van der Waals surface area contributed by atoms with Crippen molar-refractivity contribution < 1.29 is 14.6 Å². The Balaban J connectivity index is 1.69. The van der Waals surface area contributed by atoms with Crippen molar-refractivity contribution >= 4 is 49.8 Å². The van der Waals surface area contributed by atoms with Crippen LogP contribution >= 0.6 is 15.9 Å². The SMILES string of the molecule is C[C@H](Oc1ccc2ccccc2c1C=Nn1c(C2CCCCC2)nc2ccc(Br)cc2c1=O)C(=O)O. The molecular weight excluding hydrogens is 522 g/mol. The fourth-order valence-corrected chi connectivity index (χ4v) is 5.13. The average Bonchev–Trinajstić information content (AvgIpc) is 2.89. The van der Waals surface area contributed by atoms with Gasteiger partial charge in [0.25, 0.3) is 5.56 Å². The van der Waals surface area contributed by atoms with Crippen molar-refractivity contribution in [1.82, 2.24) is 9.66 Å². The Kier molecular flexibility index (Phi) is 6.87. The lowest BCUT2D eigenvalue weighted by Crippen LogP contribution is -2.25. The van der Waals surface area contributed by atoms with Gasteiger partial charge in [0.2, 0.25) is 0 Å². The van der Waals surface area contributed by atoms with E-state index in [2.05, 4.69) is 21.0 Å². The van der Waals surface area contributed by atoms with Crippen molar-refractivity contribution in [2.75, 3.05) is 0 Å². The molecule has 3 aromatic carbocycles. The molecule has 1 fully saturated rings. The second kappa shape index (κ2) is 10.2. The van der Waals surface area contributed by atoms with Crippen LogP contribution in [-0.2, 0) is 4.79 Å². The molecule has 0 amide bonds. The summed E-state index contributed by atoms with van der Waals surface area (Å²) < 4.78 is 7.97. The standard InChI is InChI=1S/C28H26BrN3O4/c1-17(28(34)35)36-25-14-11-18-7-5-6-10-21(18)23(25)16-30-32-26(19-8-3-2-4-9-19)31-24-13-12-20(29)15-22(24)27(32)33/h5-7,10-17,19H,2-4,8-9H2,1H3,(H,34,35)/t17-/m0/s1. The number of nitrogens with zero attached hydrogens (tertiary/aromatic N) is 3. The van der Waals surface area contributed by atoms with Crippen molar-refractivity contribution in [3.63, 3.8) is 0 Å². The van der Waals surface area contributed by atoms with Crippen LogP contribution in [0.5, 0.6) is 5.75 Å². The quantitative estimate of drug-likeness (QED) is 0.294. The monoisotopic (exact) mass is 547 g/mol. The lowest BCUT2D eigenvalue weighted by molar-refractivity contribution is -0.144. The van der Waals surface area contributed by atoms with Crippen molar-refractivity contribution in [3.05, 3.63) is 80.8 Å². The van der Waals surface area contributed by atoms with Crippen LogP contribution in [0.3, 0.4) is 0 Å². The maximum atomic E-state index is 13.7. The zero-order valence-electron chi connectivity index (χ0n) is 19.9. The van der Waals surface area contributed by atoms with Gasteiger partial charge in [-0.3, -0.25) is 4.79 Å². The first kappa shape index (κ1) is 24.2. The van der Waals surface area contributed by atoms with Crippen molar-refractivity contribution in [2.45, 2.75) is 51.0 Å². The molecule has 8 heteroatoms. The van der Waals surface area contributed by atoms with Gasteiger partial charge in [-0.1, -0.05) is 65.5 Å². The normalized spacial score (nSPS) is 15.5. The second-order valence-electron chi connectivity index (χ2n) is 9.12. The van der Waals surface area contributed by atoms with Gasteiger partial charge in [-0.15, -0.1) is 0 Å². The van der Waals surface area contributed by atoms with E-state index in [0.717, 1.165) is 40.9 Å². The fourth-order valence-electron chi connectivity index (χ4n) is 4.77. The average molecular weight is 548 g/mol. The van der Waals surface area contributed by atoms with Crippen LogP contribution in [0.1, 0.15) is 56.3 Å². The van der Waals surface area contributed by atoms with E-state index < -0.39 is 12.1 Å². The molecule has 1 heterocycles. The number of aromatic nitrogens is 2. The highest BCUT2D eigenvalue weighted by Crippen LogP contribution is 2.32. The maximum absolute atomic E-state index is 13.7. The summed E-state index contributed by atoms with van der Waals surface area (Å²) in [5.41, 5.74) is 1.02. The summed E-state index contributed by atoms with van der Waals surface area (Å²) in [6.45, 7) is 1.48. The first-order valence-corrected chi connectivity index (χ1v) is 12.9. The largest absolute Gasteiger partial charge is 0.479 e. The number of benzene rings is 3. The smallest absolute Gasteiger partial charge is 0.344 e. The molecule has 1 saturated carbocycles. The Bertz CT molecular complexity index is 1540. The Hall–Kier alpha value is -3.52. The van der Waals surface area contributed by atoms with Crippen LogP contribution in [0.4, 0.5) is 0 Å².